The van der Waals surface area contributed by atoms with Gasteiger partial charge in [0.15, 0.2) is 6.61 Å². The summed E-state index contributed by atoms with van der Waals surface area (Å²) in [5, 5.41) is 3.31. The minimum Gasteiger partial charge on any atom is -0.484 e. The van der Waals surface area contributed by atoms with Crippen LogP contribution in [0.25, 0.3) is 0 Å². The zero-order chi connectivity index (χ0) is 16.6. The maximum Gasteiger partial charge on any atom is 0.260 e. The second kappa shape index (κ2) is 8.47. The maximum atomic E-state index is 12.0. The molecular formula is C17H22N4O3. The Morgan fingerprint density at radius 3 is 2.75 bits per heavy atom. The Kier molecular flexibility index (Phi) is 5.81. The molecule has 0 atom stereocenters. The molecule has 1 aromatic carbocycles. The van der Waals surface area contributed by atoms with E-state index in [4.69, 9.17) is 9.47 Å². The van der Waals surface area contributed by atoms with Gasteiger partial charge in [-0.3, -0.25) is 4.79 Å². The van der Waals surface area contributed by atoms with E-state index in [1.807, 2.05) is 24.3 Å². The van der Waals surface area contributed by atoms with Gasteiger partial charge >= 0.3 is 0 Å². The summed E-state index contributed by atoms with van der Waals surface area (Å²) in [6, 6.07) is 7.75. The number of carbonyl (C=O) groups excluding carboxylic acids is 1. The van der Waals surface area contributed by atoms with Crippen LogP contribution >= 0.6 is 0 Å². The molecular weight excluding hydrogens is 308 g/mol. The van der Waals surface area contributed by atoms with Crippen molar-refractivity contribution in [3.05, 3.63) is 48.0 Å². The van der Waals surface area contributed by atoms with Crippen molar-refractivity contribution >= 4 is 5.91 Å². The SMILES string of the molecule is O=C(COc1ccc(CNCc2ncc[nH]2)cc1)N1CCOCC1. The number of aromatic nitrogens is 2. The largest absolute Gasteiger partial charge is 0.484 e. The first kappa shape index (κ1) is 16.5. The number of H-pyrrole nitrogens is 1. The van der Waals surface area contributed by atoms with Gasteiger partial charge < -0.3 is 24.7 Å². The molecule has 1 aromatic heterocycles. The van der Waals surface area contributed by atoms with Gasteiger partial charge in [0, 0.05) is 32.0 Å². The van der Waals surface area contributed by atoms with Crippen LogP contribution in [-0.2, 0) is 22.6 Å². The Morgan fingerprint density at radius 1 is 1.25 bits per heavy atom. The van der Waals surface area contributed by atoms with Crippen molar-refractivity contribution in [1.82, 2.24) is 20.2 Å². The number of morpholine rings is 1. The molecule has 2 aromatic rings. The first-order valence-electron chi connectivity index (χ1n) is 8.07. The smallest absolute Gasteiger partial charge is 0.260 e. The highest BCUT2D eigenvalue weighted by molar-refractivity contribution is 5.77. The summed E-state index contributed by atoms with van der Waals surface area (Å²) in [4.78, 5) is 21.0. The van der Waals surface area contributed by atoms with Crippen molar-refractivity contribution in [2.24, 2.45) is 0 Å². The molecule has 7 nitrogen and oxygen atoms in total. The van der Waals surface area contributed by atoms with E-state index in [-0.39, 0.29) is 12.5 Å². The van der Waals surface area contributed by atoms with Crippen molar-refractivity contribution in [1.29, 1.82) is 0 Å². The third-order valence-corrected chi connectivity index (χ3v) is 3.83. The number of hydrogen-bond donors (Lipinski definition) is 2. The van der Waals surface area contributed by atoms with E-state index in [9.17, 15) is 4.79 Å². The molecule has 0 unspecified atom stereocenters. The molecule has 0 saturated carbocycles. The van der Waals surface area contributed by atoms with E-state index in [0.29, 0.717) is 38.6 Å². The fourth-order valence-electron chi connectivity index (χ4n) is 2.47. The summed E-state index contributed by atoms with van der Waals surface area (Å²) in [6.45, 7) is 3.99. The van der Waals surface area contributed by atoms with E-state index in [1.54, 1.807) is 17.3 Å². The molecule has 0 bridgehead atoms. The second-order valence-electron chi connectivity index (χ2n) is 5.57. The number of ether oxygens (including phenoxy) is 2. The summed E-state index contributed by atoms with van der Waals surface area (Å²) in [6.07, 6.45) is 3.54. The first-order chi connectivity index (χ1) is 11.8. The highest BCUT2D eigenvalue weighted by atomic mass is 16.5. The fraction of sp³-hybridized carbons (Fsp3) is 0.412. The van der Waals surface area contributed by atoms with Crippen molar-refractivity contribution in [2.45, 2.75) is 13.1 Å². The summed E-state index contributed by atoms with van der Waals surface area (Å²) >= 11 is 0. The molecule has 1 amide bonds. The molecule has 128 valence electrons. The number of benzene rings is 1. The van der Waals surface area contributed by atoms with E-state index < -0.39 is 0 Å². The van der Waals surface area contributed by atoms with Crippen molar-refractivity contribution in [2.75, 3.05) is 32.9 Å². The van der Waals surface area contributed by atoms with Crippen LogP contribution in [0.5, 0.6) is 5.75 Å². The van der Waals surface area contributed by atoms with Crippen LogP contribution in [0.4, 0.5) is 0 Å². The van der Waals surface area contributed by atoms with Crippen LogP contribution in [0.2, 0.25) is 0 Å². The van der Waals surface area contributed by atoms with Gasteiger partial charge in [-0.1, -0.05) is 12.1 Å². The van der Waals surface area contributed by atoms with Gasteiger partial charge in [-0.15, -0.1) is 0 Å². The maximum absolute atomic E-state index is 12.0. The summed E-state index contributed by atoms with van der Waals surface area (Å²) in [5.41, 5.74) is 1.15. The van der Waals surface area contributed by atoms with Crippen LogP contribution < -0.4 is 10.1 Å². The Hall–Kier alpha value is -2.38. The van der Waals surface area contributed by atoms with Crippen LogP contribution in [-0.4, -0.2) is 53.7 Å². The molecule has 7 heteroatoms. The van der Waals surface area contributed by atoms with Crippen molar-refractivity contribution < 1.29 is 14.3 Å². The highest BCUT2D eigenvalue weighted by Gasteiger charge is 2.16. The Balaban J connectivity index is 1.40. The molecule has 0 spiro atoms. The van der Waals surface area contributed by atoms with Gasteiger partial charge in [0.2, 0.25) is 0 Å². The topological polar surface area (TPSA) is 79.5 Å². The predicted molar refractivity (Wildman–Crippen MR) is 88.5 cm³/mol. The average Bonchev–Trinajstić information content (AvgIpc) is 3.15. The lowest BCUT2D eigenvalue weighted by atomic mass is 10.2. The van der Waals surface area contributed by atoms with Crippen molar-refractivity contribution in [3.8, 4) is 5.75 Å². The number of hydrogen-bond acceptors (Lipinski definition) is 5. The molecule has 1 saturated heterocycles. The lowest BCUT2D eigenvalue weighted by molar-refractivity contribution is -0.137. The normalized spacial score (nSPS) is 14.6. The van der Waals surface area contributed by atoms with Crippen LogP contribution in [0, 0.1) is 0 Å². The lowest BCUT2D eigenvalue weighted by Gasteiger charge is -2.26. The Labute approximate surface area is 141 Å². The third kappa shape index (κ3) is 4.81. The molecule has 2 N–H and O–H groups in total. The number of aromatic amines is 1. The summed E-state index contributed by atoms with van der Waals surface area (Å²) in [7, 11) is 0. The highest BCUT2D eigenvalue weighted by Crippen LogP contribution is 2.12. The van der Waals surface area contributed by atoms with Crippen LogP contribution in [0.1, 0.15) is 11.4 Å². The number of carbonyl (C=O) groups is 1. The summed E-state index contributed by atoms with van der Waals surface area (Å²) < 4.78 is 10.8. The fourth-order valence-corrected chi connectivity index (χ4v) is 2.47. The van der Waals surface area contributed by atoms with Gasteiger partial charge in [-0.05, 0) is 17.7 Å². The molecule has 24 heavy (non-hydrogen) atoms. The average molecular weight is 330 g/mol. The minimum atomic E-state index is 0.00231. The second-order valence-corrected chi connectivity index (χ2v) is 5.57. The summed E-state index contributed by atoms with van der Waals surface area (Å²) in [5.74, 6) is 1.62. The molecule has 3 rings (SSSR count). The minimum absolute atomic E-state index is 0.00231. The third-order valence-electron chi connectivity index (χ3n) is 3.83. The van der Waals surface area contributed by atoms with E-state index in [1.165, 1.54) is 0 Å². The number of nitrogens with zero attached hydrogens (tertiary/aromatic N) is 2. The van der Waals surface area contributed by atoms with Gasteiger partial charge in [-0.2, -0.15) is 0 Å². The lowest BCUT2D eigenvalue weighted by Crippen LogP contribution is -2.42. The molecule has 1 aliphatic rings. The van der Waals surface area contributed by atoms with E-state index in [2.05, 4.69) is 15.3 Å². The predicted octanol–water partition coefficient (Wildman–Crippen LogP) is 0.937. The first-order valence-corrected chi connectivity index (χ1v) is 8.07. The molecule has 1 fully saturated rings. The number of amides is 1. The van der Waals surface area contributed by atoms with Gasteiger partial charge in [0.1, 0.15) is 11.6 Å². The van der Waals surface area contributed by atoms with Gasteiger partial charge in [0.05, 0.1) is 19.8 Å². The number of imidazole rings is 1. The monoisotopic (exact) mass is 330 g/mol. The van der Waals surface area contributed by atoms with E-state index in [0.717, 1.165) is 17.9 Å². The van der Waals surface area contributed by atoms with Crippen LogP contribution in [0.15, 0.2) is 36.7 Å². The molecule has 2 heterocycles. The zero-order valence-corrected chi connectivity index (χ0v) is 13.5. The zero-order valence-electron chi connectivity index (χ0n) is 13.5. The van der Waals surface area contributed by atoms with Crippen LogP contribution in [0.3, 0.4) is 0 Å². The van der Waals surface area contributed by atoms with E-state index >= 15 is 0 Å². The Bertz CT molecular complexity index is 622. The molecule has 1 aliphatic heterocycles. The standard InChI is InChI=1S/C17H22N4O3/c22-17(21-7-9-23-10-8-21)13-24-15-3-1-14(2-4-15)11-18-12-16-19-5-6-20-16/h1-6,18H,7-13H2,(H,19,20). The van der Waals surface area contributed by atoms with Gasteiger partial charge in [-0.25, -0.2) is 4.98 Å². The van der Waals surface area contributed by atoms with Gasteiger partial charge in [0.25, 0.3) is 5.91 Å². The molecule has 0 radical (unpaired) electrons. The number of nitrogens with one attached hydrogen (secondary N) is 2. The number of rotatable bonds is 7. The Morgan fingerprint density at radius 2 is 2.04 bits per heavy atom. The van der Waals surface area contributed by atoms with Crippen molar-refractivity contribution in [3.63, 3.8) is 0 Å². The quantitative estimate of drug-likeness (QED) is 0.790. The molecule has 0 aliphatic carbocycles.